The summed E-state index contributed by atoms with van der Waals surface area (Å²) in [7, 11) is 2.09. The number of amides is 1. The minimum atomic E-state index is -0.179. The number of rotatable bonds is 5. The Bertz CT molecular complexity index is 723. The fourth-order valence-electron chi connectivity index (χ4n) is 2.91. The minimum absolute atomic E-state index is 0. The van der Waals surface area contributed by atoms with E-state index in [-0.39, 0.29) is 30.7 Å². The first kappa shape index (κ1) is 22.1. The van der Waals surface area contributed by atoms with E-state index in [1.807, 2.05) is 12.1 Å². The van der Waals surface area contributed by atoms with Crippen LogP contribution in [0.5, 0.6) is 5.75 Å². The summed E-state index contributed by atoms with van der Waals surface area (Å²) in [6, 6.07) is 14.6. The molecule has 26 heavy (non-hydrogen) atoms. The highest BCUT2D eigenvalue weighted by molar-refractivity contribution is 5.85. The Morgan fingerprint density at radius 1 is 1.08 bits per heavy atom. The number of nitrogens with zero attached hydrogens (tertiary/aromatic N) is 1. The lowest BCUT2D eigenvalue weighted by atomic mass is 10.0. The van der Waals surface area contributed by atoms with Gasteiger partial charge in [-0.2, -0.15) is 0 Å². The van der Waals surface area contributed by atoms with Crippen molar-refractivity contribution < 1.29 is 9.53 Å². The van der Waals surface area contributed by atoms with Gasteiger partial charge in [-0.1, -0.05) is 30.3 Å². The molecule has 1 heterocycles. The molecule has 0 fully saturated rings. The van der Waals surface area contributed by atoms with E-state index in [2.05, 4.69) is 47.7 Å². The standard InChI is InChI=1S/C19H23N3O2.2ClH/c1-22-10-11-24-18-12-15(8-9-17(18)22)5-2-14-3-6-16(7-4-14)13-19(23)21-20;;/h3-4,6-9,12H,2,5,10-11,13,20H2,1H3,(H,21,23);2*1H. The molecule has 3 rings (SSSR count). The highest BCUT2D eigenvalue weighted by atomic mass is 35.5. The van der Waals surface area contributed by atoms with Crippen LogP contribution < -0.4 is 20.9 Å². The second-order valence-electron chi connectivity index (χ2n) is 6.13. The predicted octanol–water partition coefficient (Wildman–Crippen LogP) is 2.68. The molecule has 0 spiro atoms. The molecule has 2 aromatic rings. The van der Waals surface area contributed by atoms with Crippen LogP contribution in [0.2, 0.25) is 0 Å². The van der Waals surface area contributed by atoms with E-state index >= 15 is 0 Å². The van der Waals surface area contributed by atoms with Gasteiger partial charge in [0.1, 0.15) is 12.4 Å². The third-order valence-corrected chi connectivity index (χ3v) is 4.37. The zero-order chi connectivity index (χ0) is 16.9. The van der Waals surface area contributed by atoms with Gasteiger partial charge in [-0.05, 0) is 41.7 Å². The first-order valence-corrected chi connectivity index (χ1v) is 8.20. The molecule has 7 heteroatoms. The number of nitrogens with two attached hydrogens (primary N) is 1. The summed E-state index contributed by atoms with van der Waals surface area (Å²) in [6.07, 6.45) is 2.23. The van der Waals surface area contributed by atoms with Crippen molar-refractivity contribution in [3.8, 4) is 5.75 Å². The summed E-state index contributed by atoms with van der Waals surface area (Å²) in [5, 5.41) is 0. The van der Waals surface area contributed by atoms with E-state index in [0.717, 1.165) is 43.0 Å². The molecule has 5 nitrogen and oxygen atoms in total. The molecule has 0 saturated heterocycles. The topological polar surface area (TPSA) is 67.6 Å². The first-order chi connectivity index (χ1) is 11.7. The quantitative estimate of drug-likeness (QED) is 0.462. The average Bonchev–Trinajstić information content (AvgIpc) is 2.61. The van der Waals surface area contributed by atoms with Crippen molar-refractivity contribution in [3.63, 3.8) is 0 Å². The fourth-order valence-corrected chi connectivity index (χ4v) is 2.91. The molecule has 0 unspecified atom stereocenters. The lowest BCUT2D eigenvalue weighted by Gasteiger charge is -2.28. The molecule has 0 saturated carbocycles. The molecule has 0 aliphatic carbocycles. The number of likely N-dealkylation sites (N-methyl/N-ethyl adjacent to an activating group) is 1. The zero-order valence-electron chi connectivity index (χ0n) is 14.7. The zero-order valence-corrected chi connectivity index (χ0v) is 16.4. The largest absolute Gasteiger partial charge is 0.490 e. The lowest BCUT2D eigenvalue weighted by molar-refractivity contribution is -0.120. The van der Waals surface area contributed by atoms with Crippen molar-refractivity contribution in [2.45, 2.75) is 19.3 Å². The van der Waals surface area contributed by atoms with Crippen LogP contribution in [0.25, 0.3) is 0 Å². The van der Waals surface area contributed by atoms with Crippen LogP contribution in [-0.4, -0.2) is 26.1 Å². The molecule has 1 aliphatic heterocycles. The number of anilines is 1. The summed E-state index contributed by atoms with van der Waals surface area (Å²) in [4.78, 5) is 13.5. The Balaban J connectivity index is 0.00000169. The van der Waals surface area contributed by atoms with Crippen LogP contribution in [0.3, 0.4) is 0 Å². The molecular weight excluding hydrogens is 373 g/mol. The maximum absolute atomic E-state index is 11.3. The predicted molar refractivity (Wildman–Crippen MR) is 110 cm³/mol. The smallest absolute Gasteiger partial charge is 0.238 e. The van der Waals surface area contributed by atoms with Gasteiger partial charge in [0.25, 0.3) is 0 Å². The van der Waals surface area contributed by atoms with Gasteiger partial charge >= 0.3 is 0 Å². The van der Waals surface area contributed by atoms with Crippen molar-refractivity contribution >= 4 is 36.4 Å². The summed E-state index contributed by atoms with van der Waals surface area (Å²) in [5.41, 5.74) is 6.80. The number of carbonyl (C=O) groups is 1. The number of benzene rings is 2. The van der Waals surface area contributed by atoms with E-state index < -0.39 is 0 Å². The Kier molecular flexibility index (Phi) is 8.72. The van der Waals surface area contributed by atoms with E-state index in [0.29, 0.717) is 6.42 Å². The van der Waals surface area contributed by atoms with Gasteiger partial charge in [0.05, 0.1) is 18.7 Å². The Hall–Kier alpha value is -1.95. The number of hydrazine groups is 1. The third-order valence-electron chi connectivity index (χ3n) is 4.37. The van der Waals surface area contributed by atoms with Crippen LogP contribution in [0, 0.1) is 0 Å². The monoisotopic (exact) mass is 397 g/mol. The molecule has 3 N–H and O–H groups in total. The lowest BCUT2D eigenvalue weighted by Crippen LogP contribution is -2.31. The molecule has 0 radical (unpaired) electrons. The number of nitrogens with one attached hydrogen (secondary N) is 1. The molecule has 0 bridgehead atoms. The summed E-state index contributed by atoms with van der Waals surface area (Å²) >= 11 is 0. The van der Waals surface area contributed by atoms with Gasteiger partial charge in [0.15, 0.2) is 0 Å². The number of hydrogen-bond acceptors (Lipinski definition) is 4. The summed E-state index contributed by atoms with van der Waals surface area (Å²) < 4.78 is 5.76. The van der Waals surface area contributed by atoms with Crippen LogP contribution in [-0.2, 0) is 24.1 Å². The molecule has 1 amide bonds. The Morgan fingerprint density at radius 2 is 1.69 bits per heavy atom. The first-order valence-electron chi connectivity index (χ1n) is 8.20. The van der Waals surface area contributed by atoms with E-state index in [4.69, 9.17) is 10.6 Å². The maximum Gasteiger partial charge on any atom is 0.238 e. The van der Waals surface area contributed by atoms with Gasteiger partial charge in [-0.25, -0.2) is 5.84 Å². The van der Waals surface area contributed by atoms with Crippen molar-refractivity contribution in [2.75, 3.05) is 25.1 Å². The second-order valence-corrected chi connectivity index (χ2v) is 6.13. The summed E-state index contributed by atoms with van der Waals surface area (Å²) in [6.45, 7) is 1.67. The van der Waals surface area contributed by atoms with Crippen LogP contribution in [0.15, 0.2) is 42.5 Å². The van der Waals surface area contributed by atoms with E-state index in [9.17, 15) is 4.79 Å². The Morgan fingerprint density at radius 3 is 2.38 bits per heavy atom. The van der Waals surface area contributed by atoms with Crippen molar-refractivity contribution in [2.24, 2.45) is 5.84 Å². The van der Waals surface area contributed by atoms with Crippen LogP contribution in [0.4, 0.5) is 5.69 Å². The van der Waals surface area contributed by atoms with Gasteiger partial charge in [0, 0.05) is 7.05 Å². The molecule has 0 aromatic heterocycles. The van der Waals surface area contributed by atoms with E-state index in [1.165, 1.54) is 11.1 Å². The van der Waals surface area contributed by atoms with Gasteiger partial charge in [-0.15, -0.1) is 24.8 Å². The van der Waals surface area contributed by atoms with E-state index in [1.54, 1.807) is 0 Å². The van der Waals surface area contributed by atoms with Gasteiger partial charge in [-0.3, -0.25) is 10.2 Å². The molecule has 2 aromatic carbocycles. The SMILES string of the molecule is CN1CCOc2cc(CCc3ccc(CC(=O)NN)cc3)ccc21.Cl.Cl. The maximum atomic E-state index is 11.3. The average molecular weight is 398 g/mol. The number of ether oxygens (including phenoxy) is 1. The number of carbonyl (C=O) groups excluding carboxylic acids is 1. The molecular formula is C19H25Cl2N3O2. The highest BCUT2D eigenvalue weighted by Crippen LogP contribution is 2.31. The van der Waals surface area contributed by atoms with Gasteiger partial charge < -0.3 is 9.64 Å². The van der Waals surface area contributed by atoms with Crippen molar-refractivity contribution in [1.29, 1.82) is 0 Å². The second kappa shape index (κ2) is 10.3. The number of fused-ring (bicyclic) bond motifs is 1. The fraction of sp³-hybridized carbons (Fsp3) is 0.316. The number of aryl methyl sites for hydroxylation is 2. The molecule has 1 aliphatic rings. The normalized spacial score (nSPS) is 12.2. The summed E-state index contributed by atoms with van der Waals surface area (Å²) in [5.74, 6) is 5.90. The number of hydrogen-bond donors (Lipinski definition) is 2. The van der Waals surface area contributed by atoms with Crippen molar-refractivity contribution in [3.05, 3.63) is 59.2 Å². The van der Waals surface area contributed by atoms with Crippen molar-refractivity contribution in [1.82, 2.24) is 5.43 Å². The van der Waals surface area contributed by atoms with Crippen LogP contribution >= 0.6 is 24.8 Å². The van der Waals surface area contributed by atoms with Gasteiger partial charge in [0.2, 0.25) is 5.91 Å². The Labute approximate surface area is 166 Å². The van der Waals surface area contributed by atoms with Crippen LogP contribution in [0.1, 0.15) is 16.7 Å². The molecule has 0 atom stereocenters. The number of halogens is 2. The minimum Gasteiger partial charge on any atom is -0.490 e. The highest BCUT2D eigenvalue weighted by Gasteiger charge is 2.14. The third kappa shape index (κ3) is 5.53. The molecule has 142 valence electrons.